The van der Waals surface area contributed by atoms with Crippen LogP contribution >= 0.6 is 0 Å². The van der Waals surface area contributed by atoms with Gasteiger partial charge in [0.15, 0.2) is 0 Å². The van der Waals surface area contributed by atoms with Crippen LogP contribution in [0.4, 0.5) is 0 Å². The summed E-state index contributed by atoms with van der Waals surface area (Å²) in [7, 11) is 1.56. The predicted molar refractivity (Wildman–Crippen MR) is 83.0 cm³/mol. The van der Waals surface area contributed by atoms with Gasteiger partial charge in [-0.3, -0.25) is 4.79 Å². The maximum atomic E-state index is 11.9. The van der Waals surface area contributed by atoms with Gasteiger partial charge in [0.25, 0.3) is 0 Å². The monoisotopic (exact) mass is 289 g/mol. The van der Waals surface area contributed by atoms with E-state index in [4.69, 9.17) is 0 Å². The van der Waals surface area contributed by atoms with Crippen molar-refractivity contribution < 1.29 is 14.7 Å². The number of carbonyl (C=O) groups excluding carboxylic acids is 1. The number of likely N-dealkylation sites (N-methyl/N-ethyl adjacent to an activating group) is 1. The van der Waals surface area contributed by atoms with Gasteiger partial charge >= 0.3 is 5.97 Å². The molecular weight excluding hydrogens is 266 g/mol. The van der Waals surface area contributed by atoms with Gasteiger partial charge in [0.05, 0.1) is 0 Å². The van der Waals surface area contributed by atoms with Crippen LogP contribution in [0.5, 0.6) is 0 Å². The number of rotatable bonds is 9. The van der Waals surface area contributed by atoms with E-state index in [1.807, 2.05) is 30.3 Å². The Bertz CT molecular complexity index is 470. The molecule has 0 aromatic heterocycles. The maximum Gasteiger partial charge on any atom is 0.326 e. The number of hydrogen-bond donors (Lipinski definition) is 1. The van der Waals surface area contributed by atoms with E-state index in [1.54, 1.807) is 13.1 Å². The molecule has 0 fully saturated rings. The van der Waals surface area contributed by atoms with Crippen molar-refractivity contribution in [2.75, 3.05) is 7.05 Å². The molecule has 0 saturated heterocycles. The fourth-order valence-electron chi connectivity index (χ4n) is 2.20. The van der Waals surface area contributed by atoms with Gasteiger partial charge in [-0.25, -0.2) is 4.79 Å². The van der Waals surface area contributed by atoms with E-state index >= 15 is 0 Å². The lowest BCUT2D eigenvalue weighted by Gasteiger charge is -2.24. The molecule has 21 heavy (non-hydrogen) atoms. The highest BCUT2D eigenvalue weighted by Gasteiger charge is 2.25. The zero-order valence-corrected chi connectivity index (χ0v) is 12.5. The zero-order chi connectivity index (χ0) is 15.7. The van der Waals surface area contributed by atoms with Crippen LogP contribution in [0.3, 0.4) is 0 Å². The largest absolute Gasteiger partial charge is 0.480 e. The first-order valence-electron chi connectivity index (χ1n) is 7.19. The summed E-state index contributed by atoms with van der Waals surface area (Å²) in [5.41, 5.74) is 1.18. The summed E-state index contributed by atoms with van der Waals surface area (Å²) in [4.78, 5) is 24.6. The van der Waals surface area contributed by atoms with Gasteiger partial charge in [-0.2, -0.15) is 0 Å². The molecule has 1 amide bonds. The van der Waals surface area contributed by atoms with Crippen molar-refractivity contribution in [1.29, 1.82) is 0 Å². The van der Waals surface area contributed by atoms with Crippen molar-refractivity contribution in [3.63, 3.8) is 0 Å². The van der Waals surface area contributed by atoms with Crippen LogP contribution in [0, 0.1) is 0 Å². The van der Waals surface area contributed by atoms with E-state index in [1.165, 1.54) is 10.5 Å². The van der Waals surface area contributed by atoms with Gasteiger partial charge in [-0.1, -0.05) is 36.4 Å². The van der Waals surface area contributed by atoms with Crippen LogP contribution in [0.2, 0.25) is 0 Å². The Morgan fingerprint density at radius 2 is 2.00 bits per heavy atom. The van der Waals surface area contributed by atoms with Crippen LogP contribution in [0.15, 0.2) is 43.0 Å². The summed E-state index contributed by atoms with van der Waals surface area (Å²) in [5, 5.41) is 9.30. The summed E-state index contributed by atoms with van der Waals surface area (Å²) in [6, 6.07) is 9.18. The molecule has 1 atom stereocenters. The Balaban J connectivity index is 2.51. The van der Waals surface area contributed by atoms with Gasteiger partial charge in [-0.15, -0.1) is 6.58 Å². The van der Waals surface area contributed by atoms with Crippen molar-refractivity contribution >= 4 is 11.9 Å². The first-order chi connectivity index (χ1) is 10.1. The van der Waals surface area contributed by atoms with Crippen molar-refractivity contribution in [1.82, 2.24) is 4.90 Å². The minimum absolute atomic E-state index is 0.151. The van der Waals surface area contributed by atoms with E-state index in [9.17, 15) is 14.7 Å². The topological polar surface area (TPSA) is 57.6 Å². The summed E-state index contributed by atoms with van der Waals surface area (Å²) >= 11 is 0. The van der Waals surface area contributed by atoms with E-state index < -0.39 is 12.0 Å². The van der Waals surface area contributed by atoms with Crippen LogP contribution in [-0.2, 0) is 16.0 Å². The molecule has 4 heteroatoms. The molecule has 1 N–H and O–H groups in total. The number of aryl methyl sites for hydroxylation is 1. The molecule has 0 spiro atoms. The second-order valence-corrected chi connectivity index (χ2v) is 5.06. The molecule has 1 rings (SSSR count). The molecule has 0 aliphatic heterocycles. The number of benzene rings is 1. The lowest BCUT2D eigenvalue weighted by atomic mass is 10.0. The molecule has 0 aliphatic rings. The number of carboxylic acids is 1. The lowest BCUT2D eigenvalue weighted by Crippen LogP contribution is -2.42. The SMILES string of the molecule is C=CCCC(=O)N(C)[C@@H](CCCc1ccccc1)C(=O)O. The number of nitrogens with zero attached hydrogens (tertiary/aromatic N) is 1. The number of allylic oxidation sites excluding steroid dienone is 1. The van der Waals surface area contributed by atoms with Gasteiger partial charge in [0, 0.05) is 13.5 Å². The zero-order valence-electron chi connectivity index (χ0n) is 12.5. The molecule has 4 nitrogen and oxygen atoms in total. The smallest absolute Gasteiger partial charge is 0.326 e. The second-order valence-electron chi connectivity index (χ2n) is 5.06. The average Bonchev–Trinajstić information content (AvgIpc) is 2.49. The van der Waals surface area contributed by atoms with E-state index in [2.05, 4.69) is 6.58 Å². The fourth-order valence-corrected chi connectivity index (χ4v) is 2.20. The Labute approximate surface area is 126 Å². The third kappa shape index (κ3) is 5.81. The van der Waals surface area contributed by atoms with Crippen LogP contribution < -0.4 is 0 Å². The molecule has 0 bridgehead atoms. The van der Waals surface area contributed by atoms with Crippen LogP contribution in [-0.4, -0.2) is 35.0 Å². The van der Waals surface area contributed by atoms with Gasteiger partial charge in [0.2, 0.25) is 5.91 Å². The minimum atomic E-state index is -0.947. The van der Waals surface area contributed by atoms with Crippen molar-refractivity contribution in [3.8, 4) is 0 Å². The number of aliphatic carboxylic acids is 1. The number of amides is 1. The van der Waals surface area contributed by atoms with Crippen molar-refractivity contribution in [2.24, 2.45) is 0 Å². The third-order valence-electron chi connectivity index (χ3n) is 3.49. The molecule has 1 aromatic rings. The van der Waals surface area contributed by atoms with E-state index in [0.717, 1.165) is 12.8 Å². The molecule has 0 radical (unpaired) electrons. The molecule has 0 aliphatic carbocycles. The van der Waals surface area contributed by atoms with E-state index in [-0.39, 0.29) is 5.91 Å². The maximum absolute atomic E-state index is 11.9. The van der Waals surface area contributed by atoms with Crippen molar-refractivity contribution in [3.05, 3.63) is 48.6 Å². The summed E-state index contributed by atoms with van der Waals surface area (Å²) in [6.07, 6.45) is 4.55. The highest BCUT2D eigenvalue weighted by Crippen LogP contribution is 2.12. The van der Waals surface area contributed by atoms with Gasteiger partial charge in [-0.05, 0) is 31.2 Å². The third-order valence-corrected chi connectivity index (χ3v) is 3.49. The normalized spacial score (nSPS) is 11.7. The quantitative estimate of drug-likeness (QED) is 0.711. The Hall–Kier alpha value is -2.10. The first kappa shape index (κ1) is 17.0. The molecular formula is C17H23NO3. The summed E-state index contributed by atoms with van der Waals surface area (Å²) < 4.78 is 0. The predicted octanol–water partition coefficient (Wildman–Crippen LogP) is 2.89. The number of carbonyl (C=O) groups is 2. The number of carboxylic acid groups (broad SMARTS) is 1. The number of hydrogen-bond acceptors (Lipinski definition) is 2. The van der Waals surface area contributed by atoms with Gasteiger partial charge in [0.1, 0.15) is 6.04 Å². The summed E-state index contributed by atoms with van der Waals surface area (Å²) in [6.45, 7) is 3.57. The molecule has 0 unspecified atom stereocenters. The molecule has 114 valence electrons. The molecule has 1 aromatic carbocycles. The Morgan fingerprint density at radius 3 is 2.57 bits per heavy atom. The highest BCUT2D eigenvalue weighted by molar-refractivity contribution is 5.83. The van der Waals surface area contributed by atoms with E-state index in [0.29, 0.717) is 19.3 Å². The fraction of sp³-hybridized carbons (Fsp3) is 0.412. The van der Waals surface area contributed by atoms with Crippen LogP contribution in [0.25, 0.3) is 0 Å². The highest BCUT2D eigenvalue weighted by atomic mass is 16.4. The standard InChI is InChI=1S/C17H23NO3/c1-3-4-13-16(19)18(2)15(17(20)21)12-8-11-14-9-6-5-7-10-14/h3,5-7,9-10,15H,1,4,8,11-13H2,2H3,(H,20,21)/t15-/m0/s1. The van der Waals surface area contributed by atoms with Crippen molar-refractivity contribution in [2.45, 2.75) is 38.1 Å². The van der Waals surface area contributed by atoms with Crippen LogP contribution in [0.1, 0.15) is 31.2 Å². The lowest BCUT2D eigenvalue weighted by molar-refractivity contribution is -0.149. The van der Waals surface area contributed by atoms with Gasteiger partial charge < -0.3 is 10.0 Å². The first-order valence-corrected chi connectivity index (χ1v) is 7.19. The molecule has 0 saturated carbocycles. The minimum Gasteiger partial charge on any atom is -0.480 e. The molecule has 0 heterocycles. The Kier molecular flexibility index (Phi) is 7.23. The second kappa shape index (κ2) is 8.95. The average molecular weight is 289 g/mol. The Morgan fingerprint density at radius 1 is 1.33 bits per heavy atom. The summed E-state index contributed by atoms with van der Waals surface area (Å²) in [5.74, 6) is -1.10.